The Kier molecular flexibility index (Phi) is 3.63. The summed E-state index contributed by atoms with van der Waals surface area (Å²) in [4.78, 5) is 7.58. The van der Waals surface area contributed by atoms with Crippen molar-refractivity contribution in [1.82, 2.24) is 9.97 Å². The molecule has 0 saturated heterocycles. The van der Waals surface area contributed by atoms with Crippen molar-refractivity contribution < 1.29 is 5.11 Å². The largest absolute Gasteiger partial charge is 0.504 e. The molecule has 4 nitrogen and oxygen atoms in total. The van der Waals surface area contributed by atoms with Gasteiger partial charge in [0.05, 0.1) is 6.04 Å². The fourth-order valence-electron chi connectivity index (χ4n) is 2.96. The van der Waals surface area contributed by atoms with E-state index in [2.05, 4.69) is 39.6 Å². The van der Waals surface area contributed by atoms with Crippen LogP contribution < -0.4 is 5.32 Å². The molecule has 4 heteroatoms. The molecule has 1 atom stereocenters. The molecule has 0 aliphatic rings. The Balaban J connectivity index is 1.83. The van der Waals surface area contributed by atoms with Gasteiger partial charge in [-0.3, -0.25) is 0 Å². The first-order valence-corrected chi connectivity index (χ1v) is 7.84. The molecule has 2 aromatic carbocycles. The number of nitrogens with zero attached hydrogens (tertiary/aromatic N) is 1. The minimum Gasteiger partial charge on any atom is -0.504 e. The lowest BCUT2D eigenvalue weighted by Gasteiger charge is -2.20. The summed E-state index contributed by atoms with van der Waals surface area (Å²) in [6.07, 6.45) is 3.68. The molecular weight excluding hydrogens is 298 g/mol. The molecule has 0 bridgehead atoms. The van der Waals surface area contributed by atoms with E-state index < -0.39 is 0 Å². The molecule has 0 aliphatic heterocycles. The third kappa shape index (κ3) is 2.58. The molecule has 2 heterocycles. The second kappa shape index (κ2) is 6.08. The van der Waals surface area contributed by atoms with Crippen molar-refractivity contribution >= 4 is 16.7 Å². The van der Waals surface area contributed by atoms with Gasteiger partial charge < -0.3 is 15.4 Å². The zero-order chi connectivity index (χ0) is 16.4. The highest BCUT2D eigenvalue weighted by Crippen LogP contribution is 2.33. The molecule has 0 amide bonds. The molecule has 0 saturated carbocycles. The van der Waals surface area contributed by atoms with Crippen molar-refractivity contribution in [3.8, 4) is 5.75 Å². The number of fused-ring (bicyclic) bond motifs is 1. The molecule has 24 heavy (non-hydrogen) atoms. The van der Waals surface area contributed by atoms with Crippen LogP contribution in [0.2, 0.25) is 0 Å². The third-order valence-electron chi connectivity index (χ3n) is 4.13. The van der Waals surface area contributed by atoms with Crippen LogP contribution in [-0.4, -0.2) is 15.1 Å². The van der Waals surface area contributed by atoms with E-state index in [9.17, 15) is 5.11 Å². The number of H-pyrrole nitrogens is 1. The molecule has 3 N–H and O–H groups in total. The SMILES string of the molecule is Oc1cccnc1NC(c1ccccc1)c1c[nH]c2ccccc12. The first-order chi connectivity index (χ1) is 11.8. The van der Waals surface area contributed by atoms with Gasteiger partial charge >= 0.3 is 0 Å². The summed E-state index contributed by atoms with van der Waals surface area (Å²) in [5.74, 6) is 0.606. The van der Waals surface area contributed by atoms with Gasteiger partial charge in [0.15, 0.2) is 11.6 Å². The average Bonchev–Trinajstić information content (AvgIpc) is 3.06. The summed E-state index contributed by atoms with van der Waals surface area (Å²) in [6, 6.07) is 21.6. The number of aromatic hydroxyl groups is 1. The summed E-state index contributed by atoms with van der Waals surface area (Å²) in [5, 5.41) is 14.6. The number of rotatable bonds is 4. The highest BCUT2D eigenvalue weighted by molar-refractivity contribution is 5.84. The molecule has 4 aromatic rings. The van der Waals surface area contributed by atoms with Crippen LogP contribution in [0, 0.1) is 0 Å². The number of para-hydroxylation sites is 1. The molecule has 0 aliphatic carbocycles. The van der Waals surface area contributed by atoms with E-state index >= 15 is 0 Å². The van der Waals surface area contributed by atoms with Crippen molar-refractivity contribution in [2.75, 3.05) is 5.32 Å². The van der Waals surface area contributed by atoms with Crippen molar-refractivity contribution in [2.24, 2.45) is 0 Å². The molecular formula is C20H17N3O. The van der Waals surface area contributed by atoms with Crippen molar-refractivity contribution in [3.63, 3.8) is 0 Å². The molecule has 2 aromatic heterocycles. The fraction of sp³-hybridized carbons (Fsp3) is 0.0500. The second-order valence-corrected chi connectivity index (χ2v) is 5.65. The van der Waals surface area contributed by atoms with Gasteiger partial charge in [0.1, 0.15) is 0 Å². The zero-order valence-electron chi connectivity index (χ0n) is 13.0. The van der Waals surface area contributed by atoms with Gasteiger partial charge in [-0.15, -0.1) is 0 Å². The minimum absolute atomic E-state index is 0.122. The highest BCUT2D eigenvalue weighted by Gasteiger charge is 2.19. The van der Waals surface area contributed by atoms with E-state index in [0.717, 1.165) is 22.0 Å². The molecule has 0 spiro atoms. The number of benzene rings is 2. The minimum atomic E-state index is -0.122. The lowest BCUT2D eigenvalue weighted by atomic mass is 9.98. The van der Waals surface area contributed by atoms with Crippen LogP contribution in [-0.2, 0) is 0 Å². The number of nitrogens with one attached hydrogen (secondary N) is 2. The molecule has 118 valence electrons. The van der Waals surface area contributed by atoms with Gasteiger partial charge in [-0.2, -0.15) is 0 Å². The summed E-state index contributed by atoms with van der Waals surface area (Å²) < 4.78 is 0. The summed E-state index contributed by atoms with van der Waals surface area (Å²) >= 11 is 0. The van der Waals surface area contributed by atoms with Crippen LogP contribution in [0.1, 0.15) is 17.2 Å². The second-order valence-electron chi connectivity index (χ2n) is 5.65. The zero-order valence-corrected chi connectivity index (χ0v) is 13.0. The predicted octanol–water partition coefficient (Wildman–Crippen LogP) is 4.47. The van der Waals surface area contributed by atoms with Crippen LogP contribution in [0.3, 0.4) is 0 Å². The molecule has 4 rings (SSSR count). The smallest absolute Gasteiger partial charge is 0.169 e. The van der Waals surface area contributed by atoms with Gasteiger partial charge in [-0.1, -0.05) is 48.5 Å². The summed E-state index contributed by atoms with van der Waals surface area (Å²) in [6.45, 7) is 0. The normalized spacial score (nSPS) is 12.2. The van der Waals surface area contributed by atoms with E-state index in [1.165, 1.54) is 0 Å². The van der Waals surface area contributed by atoms with E-state index in [4.69, 9.17) is 0 Å². The van der Waals surface area contributed by atoms with Crippen LogP contribution >= 0.6 is 0 Å². The van der Waals surface area contributed by atoms with Gasteiger partial charge in [-0.05, 0) is 23.8 Å². The van der Waals surface area contributed by atoms with E-state index in [1.54, 1.807) is 18.3 Å². The maximum Gasteiger partial charge on any atom is 0.169 e. The first kappa shape index (κ1) is 14.3. The van der Waals surface area contributed by atoms with Crippen LogP contribution in [0.15, 0.2) is 79.1 Å². The first-order valence-electron chi connectivity index (χ1n) is 7.84. The van der Waals surface area contributed by atoms with Crippen LogP contribution in [0.4, 0.5) is 5.82 Å². The Morgan fingerprint density at radius 1 is 0.917 bits per heavy atom. The Labute approximate surface area is 139 Å². The monoisotopic (exact) mass is 315 g/mol. The quantitative estimate of drug-likeness (QED) is 0.521. The molecule has 0 radical (unpaired) electrons. The van der Waals surface area contributed by atoms with E-state index in [-0.39, 0.29) is 11.8 Å². The standard InChI is InChI=1S/C20H17N3O/c24-18-11-6-12-21-20(18)23-19(14-7-2-1-3-8-14)16-13-22-17-10-5-4-9-15(16)17/h1-13,19,22,24H,(H,21,23). The predicted molar refractivity (Wildman–Crippen MR) is 96.1 cm³/mol. The van der Waals surface area contributed by atoms with Gasteiger partial charge in [-0.25, -0.2) is 4.98 Å². The Bertz CT molecular complexity index is 963. The Morgan fingerprint density at radius 2 is 1.71 bits per heavy atom. The van der Waals surface area contributed by atoms with E-state index in [0.29, 0.717) is 5.82 Å². The number of hydrogen-bond donors (Lipinski definition) is 3. The maximum absolute atomic E-state index is 10.1. The third-order valence-corrected chi connectivity index (χ3v) is 4.13. The lowest BCUT2D eigenvalue weighted by molar-refractivity contribution is 0.474. The number of aromatic amines is 1. The summed E-state index contributed by atoms with van der Waals surface area (Å²) in [7, 11) is 0. The van der Waals surface area contributed by atoms with Crippen LogP contribution in [0.25, 0.3) is 10.9 Å². The number of pyridine rings is 1. The fourth-order valence-corrected chi connectivity index (χ4v) is 2.96. The van der Waals surface area contributed by atoms with E-state index in [1.807, 2.05) is 36.5 Å². The van der Waals surface area contributed by atoms with Crippen molar-refractivity contribution in [2.45, 2.75) is 6.04 Å². The molecule has 0 fully saturated rings. The molecule has 1 unspecified atom stereocenters. The topological polar surface area (TPSA) is 60.9 Å². The highest BCUT2D eigenvalue weighted by atomic mass is 16.3. The average molecular weight is 315 g/mol. The summed E-state index contributed by atoms with van der Waals surface area (Å²) in [5.41, 5.74) is 3.30. The van der Waals surface area contributed by atoms with Gasteiger partial charge in [0.2, 0.25) is 0 Å². The van der Waals surface area contributed by atoms with Gasteiger partial charge in [0.25, 0.3) is 0 Å². The number of anilines is 1. The Morgan fingerprint density at radius 3 is 2.54 bits per heavy atom. The van der Waals surface area contributed by atoms with Crippen LogP contribution in [0.5, 0.6) is 5.75 Å². The van der Waals surface area contributed by atoms with Crippen molar-refractivity contribution in [1.29, 1.82) is 0 Å². The van der Waals surface area contributed by atoms with Gasteiger partial charge in [0, 0.05) is 28.9 Å². The number of aromatic nitrogens is 2. The maximum atomic E-state index is 10.1. The number of hydrogen-bond acceptors (Lipinski definition) is 3. The Hall–Kier alpha value is -3.27. The van der Waals surface area contributed by atoms with Crippen molar-refractivity contribution in [3.05, 3.63) is 90.3 Å². The lowest BCUT2D eigenvalue weighted by Crippen LogP contribution is -2.13.